The van der Waals surface area contributed by atoms with Gasteiger partial charge in [0.15, 0.2) is 5.78 Å². The monoisotopic (exact) mass is 460 g/mol. The van der Waals surface area contributed by atoms with Crippen LogP contribution in [0.3, 0.4) is 0 Å². The van der Waals surface area contributed by atoms with Crippen LogP contribution in [0.25, 0.3) is 0 Å². The van der Waals surface area contributed by atoms with Crippen molar-refractivity contribution >= 4 is 33.8 Å². The van der Waals surface area contributed by atoms with Crippen molar-refractivity contribution in [3.05, 3.63) is 52.3 Å². The van der Waals surface area contributed by atoms with Crippen LogP contribution < -0.4 is 10.2 Å². The van der Waals surface area contributed by atoms with E-state index in [1.54, 1.807) is 24.5 Å². The van der Waals surface area contributed by atoms with Crippen LogP contribution in [0.2, 0.25) is 0 Å². The van der Waals surface area contributed by atoms with E-state index in [0.717, 1.165) is 23.9 Å². The number of benzene rings is 1. The second kappa shape index (κ2) is 8.90. The topological polar surface area (TPSA) is 84.4 Å². The van der Waals surface area contributed by atoms with E-state index in [1.807, 2.05) is 37.8 Å². The Labute approximate surface area is 179 Å². The number of carbonyl (C=O) groups excluding carboxylic acids is 2. The summed E-state index contributed by atoms with van der Waals surface area (Å²) in [4.78, 5) is 35.4. The molecule has 1 saturated heterocycles. The number of amides is 1. The molecule has 0 unspecified atom stereocenters. The van der Waals surface area contributed by atoms with Gasteiger partial charge in [-0.05, 0) is 57.9 Å². The zero-order valence-electron chi connectivity index (χ0n) is 16.8. The second-order valence-electron chi connectivity index (χ2n) is 8.04. The van der Waals surface area contributed by atoms with Crippen LogP contribution in [0.1, 0.15) is 49.5 Å². The molecule has 29 heavy (non-hydrogen) atoms. The van der Waals surface area contributed by atoms with Gasteiger partial charge in [0.05, 0.1) is 5.56 Å². The Morgan fingerprint density at radius 1 is 1.14 bits per heavy atom. The van der Waals surface area contributed by atoms with Gasteiger partial charge in [-0.1, -0.05) is 15.9 Å². The lowest BCUT2D eigenvalue weighted by molar-refractivity contribution is 0.0499. The van der Waals surface area contributed by atoms with E-state index in [2.05, 4.69) is 31.2 Å². The van der Waals surface area contributed by atoms with Gasteiger partial charge >= 0.3 is 6.09 Å². The van der Waals surface area contributed by atoms with Crippen molar-refractivity contribution < 1.29 is 14.3 Å². The average Bonchev–Trinajstić information content (AvgIpc) is 2.67. The first kappa shape index (κ1) is 21.2. The van der Waals surface area contributed by atoms with Gasteiger partial charge in [0.1, 0.15) is 5.60 Å². The molecule has 0 aliphatic carbocycles. The SMILES string of the molecule is CC(C)(C)OC(=O)N[C@@H]1CCCN(c2ncc(C(=O)c3ccc(Br)cc3)cn2)C1. The molecule has 2 aromatic rings. The van der Waals surface area contributed by atoms with Crippen LogP contribution in [0, 0.1) is 0 Å². The molecule has 1 aliphatic rings. The summed E-state index contributed by atoms with van der Waals surface area (Å²) < 4.78 is 6.25. The largest absolute Gasteiger partial charge is 0.444 e. The van der Waals surface area contributed by atoms with E-state index >= 15 is 0 Å². The number of rotatable bonds is 4. The summed E-state index contributed by atoms with van der Waals surface area (Å²) in [5.74, 6) is 0.431. The lowest BCUT2D eigenvalue weighted by Gasteiger charge is -2.33. The minimum atomic E-state index is -0.529. The molecule has 8 heteroatoms. The smallest absolute Gasteiger partial charge is 0.407 e. The molecule has 2 heterocycles. The predicted octanol–water partition coefficient (Wildman–Crippen LogP) is 3.96. The Morgan fingerprint density at radius 2 is 1.79 bits per heavy atom. The number of nitrogens with one attached hydrogen (secondary N) is 1. The van der Waals surface area contributed by atoms with E-state index in [1.165, 1.54) is 0 Å². The quantitative estimate of drug-likeness (QED) is 0.694. The Bertz CT molecular complexity index is 863. The van der Waals surface area contributed by atoms with E-state index in [0.29, 0.717) is 23.6 Å². The highest BCUT2D eigenvalue weighted by Crippen LogP contribution is 2.18. The van der Waals surface area contributed by atoms with Crippen LogP contribution in [0.4, 0.5) is 10.7 Å². The number of hydrogen-bond donors (Lipinski definition) is 1. The van der Waals surface area contributed by atoms with Gasteiger partial charge in [-0.15, -0.1) is 0 Å². The maximum Gasteiger partial charge on any atom is 0.407 e. The lowest BCUT2D eigenvalue weighted by atomic mass is 10.1. The van der Waals surface area contributed by atoms with Crippen molar-refractivity contribution in [1.29, 1.82) is 0 Å². The summed E-state index contributed by atoms with van der Waals surface area (Å²) in [5, 5.41) is 2.91. The molecule has 1 aromatic carbocycles. The second-order valence-corrected chi connectivity index (χ2v) is 8.95. The average molecular weight is 461 g/mol. The first-order valence-corrected chi connectivity index (χ1v) is 10.4. The molecule has 1 aromatic heterocycles. The Morgan fingerprint density at radius 3 is 2.41 bits per heavy atom. The third-order valence-electron chi connectivity index (χ3n) is 4.43. The number of halogens is 1. The van der Waals surface area contributed by atoms with Crippen molar-refractivity contribution in [2.75, 3.05) is 18.0 Å². The van der Waals surface area contributed by atoms with Gasteiger partial charge < -0.3 is 15.0 Å². The molecule has 1 atom stereocenters. The number of aromatic nitrogens is 2. The number of anilines is 1. The van der Waals surface area contributed by atoms with Gasteiger partial charge in [0, 0.05) is 41.6 Å². The zero-order chi connectivity index (χ0) is 21.0. The maximum absolute atomic E-state index is 12.6. The molecular weight excluding hydrogens is 436 g/mol. The third-order valence-corrected chi connectivity index (χ3v) is 4.96. The van der Waals surface area contributed by atoms with Crippen molar-refractivity contribution in [2.24, 2.45) is 0 Å². The molecule has 7 nitrogen and oxygen atoms in total. The van der Waals surface area contributed by atoms with Crippen molar-refractivity contribution in [1.82, 2.24) is 15.3 Å². The number of nitrogens with zero attached hydrogens (tertiary/aromatic N) is 3. The Hall–Kier alpha value is -2.48. The standard InChI is InChI=1S/C21H25BrN4O3/c1-21(2,3)29-20(28)25-17-5-4-10-26(13-17)19-23-11-15(12-24-19)18(27)14-6-8-16(22)9-7-14/h6-9,11-12,17H,4-5,10,13H2,1-3H3,(H,25,28)/t17-/m1/s1. The van der Waals surface area contributed by atoms with E-state index < -0.39 is 11.7 Å². The third kappa shape index (κ3) is 6.00. The minimum absolute atomic E-state index is 0.0359. The van der Waals surface area contributed by atoms with Crippen LogP contribution in [0.15, 0.2) is 41.1 Å². The highest BCUT2D eigenvalue weighted by molar-refractivity contribution is 9.10. The van der Waals surface area contributed by atoms with Crippen LogP contribution in [0.5, 0.6) is 0 Å². The number of piperidine rings is 1. The minimum Gasteiger partial charge on any atom is -0.444 e. The number of hydrogen-bond acceptors (Lipinski definition) is 6. The van der Waals surface area contributed by atoms with Crippen LogP contribution in [-0.2, 0) is 4.74 Å². The summed E-state index contributed by atoms with van der Waals surface area (Å²) in [6.45, 7) is 6.91. The molecule has 1 N–H and O–H groups in total. The van der Waals surface area contributed by atoms with Gasteiger partial charge in [0.25, 0.3) is 0 Å². The molecule has 0 saturated carbocycles. The molecule has 1 aliphatic heterocycles. The Balaban J connectivity index is 1.62. The van der Waals surface area contributed by atoms with E-state index in [9.17, 15) is 9.59 Å². The van der Waals surface area contributed by atoms with Gasteiger partial charge in [-0.2, -0.15) is 0 Å². The predicted molar refractivity (Wildman–Crippen MR) is 114 cm³/mol. The summed E-state index contributed by atoms with van der Waals surface area (Å²) >= 11 is 3.36. The van der Waals surface area contributed by atoms with Gasteiger partial charge in [0.2, 0.25) is 5.95 Å². The summed E-state index contributed by atoms with van der Waals surface area (Å²) in [7, 11) is 0. The molecule has 3 rings (SSSR count). The molecule has 0 bridgehead atoms. The molecule has 0 radical (unpaired) electrons. The van der Waals surface area contributed by atoms with Crippen molar-refractivity contribution in [3.8, 4) is 0 Å². The van der Waals surface area contributed by atoms with E-state index in [4.69, 9.17) is 4.74 Å². The lowest BCUT2D eigenvalue weighted by Crippen LogP contribution is -2.49. The fourth-order valence-electron chi connectivity index (χ4n) is 3.12. The fourth-order valence-corrected chi connectivity index (χ4v) is 3.38. The summed E-state index contributed by atoms with van der Waals surface area (Å²) in [5.41, 5.74) is 0.499. The number of alkyl carbamates (subject to hydrolysis) is 1. The molecule has 0 spiro atoms. The number of ketones is 1. The van der Waals surface area contributed by atoms with Crippen molar-refractivity contribution in [2.45, 2.75) is 45.3 Å². The van der Waals surface area contributed by atoms with Gasteiger partial charge in [-0.3, -0.25) is 4.79 Å². The van der Waals surface area contributed by atoms with Crippen LogP contribution >= 0.6 is 15.9 Å². The highest BCUT2D eigenvalue weighted by atomic mass is 79.9. The normalized spacial score (nSPS) is 17.0. The maximum atomic E-state index is 12.6. The first-order chi connectivity index (χ1) is 13.7. The zero-order valence-corrected chi connectivity index (χ0v) is 18.4. The molecule has 154 valence electrons. The highest BCUT2D eigenvalue weighted by Gasteiger charge is 2.25. The fraction of sp³-hybridized carbons (Fsp3) is 0.429. The number of ether oxygens (including phenoxy) is 1. The molecule has 1 fully saturated rings. The summed E-state index contributed by atoms with van der Waals surface area (Å²) in [6.07, 6.45) is 4.47. The van der Waals surface area contributed by atoms with Gasteiger partial charge in [-0.25, -0.2) is 14.8 Å². The van der Waals surface area contributed by atoms with Crippen LogP contribution in [-0.4, -0.2) is 46.6 Å². The molecular formula is C21H25BrN4O3. The first-order valence-electron chi connectivity index (χ1n) is 9.58. The summed E-state index contributed by atoms with van der Waals surface area (Å²) in [6, 6.07) is 7.14. The number of carbonyl (C=O) groups is 2. The van der Waals surface area contributed by atoms with E-state index in [-0.39, 0.29) is 11.8 Å². The molecule has 1 amide bonds. The Kier molecular flexibility index (Phi) is 6.52. The van der Waals surface area contributed by atoms with Crippen molar-refractivity contribution in [3.63, 3.8) is 0 Å².